The minimum atomic E-state index is -0.201. The van der Waals surface area contributed by atoms with Crippen LogP contribution in [-0.4, -0.2) is 11.8 Å². The van der Waals surface area contributed by atoms with Crippen molar-refractivity contribution >= 4 is 34.4 Å². The lowest BCUT2D eigenvalue weighted by Crippen LogP contribution is -2.25. The van der Waals surface area contributed by atoms with Crippen molar-refractivity contribution in [2.45, 2.75) is 17.4 Å². The van der Waals surface area contributed by atoms with Gasteiger partial charge in [0.05, 0.1) is 0 Å². The first-order valence-corrected chi connectivity index (χ1v) is 8.08. The summed E-state index contributed by atoms with van der Waals surface area (Å²) in [6.45, 7) is 0. The Morgan fingerprint density at radius 1 is 1.05 bits per heavy atom. The molecule has 0 bridgehead atoms. The minimum absolute atomic E-state index is 0.107. The Hall–Kier alpha value is -0.590. The predicted octanol–water partition coefficient (Wildman–Crippen LogP) is 4.09. The van der Waals surface area contributed by atoms with E-state index >= 15 is 0 Å². The highest BCUT2D eigenvalue weighted by atomic mass is 127. The summed E-state index contributed by atoms with van der Waals surface area (Å²) in [5.74, 6) is 0.630. The van der Waals surface area contributed by atoms with Crippen molar-refractivity contribution in [2.24, 2.45) is 5.73 Å². The van der Waals surface area contributed by atoms with Crippen LogP contribution in [0, 0.1) is 9.39 Å². The maximum Gasteiger partial charge on any atom is 0.123 e. The molecular formula is C15H15FINS. The fourth-order valence-corrected chi connectivity index (χ4v) is 2.93. The average Bonchev–Trinajstić information content (AvgIpc) is 2.41. The molecule has 0 saturated heterocycles. The Bertz CT molecular complexity index is 513. The van der Waals surface area contributed by atoms with Crippen LogP contribution >= 0.6 is 34.4 Å². The highest BCUT2D eigenvalue weighted by molar-refractivity contribution is 14.1. The molecule has 0 heterocycles. The van der Waals surface area contributed by atoms with Crippen LogP contribution in [0.5, 0.6) is 0 Å². The summed E-state index contributed by atoms with van der Waals surface area (Å²) >= 11 is 3.96. The van der Waals surface area contributed by atoms with E-state index in [9.17, 15) is 4.39 Å². The molecule has 0 aliphatic carbocycles. The summed E-state index contributed by atoms with van der Waals surface area (Å²) in [5, 5.41) is 0. The fraction of sp³-hybridized carbons (Fsp3) is 0.200. The van der Waals surface area contributed by atoms with E-state index < -0.39 is 0 Å². The number of rotatable bonds is 5. The lowest BCUT2D eigenvalue weighted by Gasteiger charge is -2.11. The molecule has 0 spiro atoms. The first-order valence-electron chi connectivity index (χ1n) is 6.02. The predicted molar refractivity (Wildman–Crippen MR) is 88.0 cm³/mol. The highest BCUT2D eigenvalue weighted by Crippen LogP contribution is 2.19. The zero-order valence-corrected chi connectivity index (χ0v) is 13.3. The van der Waals surface area contributed by atoms with Gasteiger partial charge >= 0.3 is 0 Å². The summed E-state index contributed by atoms with van der Waals surface area (Å²) in [5.41, 5.74) is 7.38. The maximum absolute atomic E-state index is 12.8. The van der Waals surface area contributed by atoms with Gasteiger partial charge in [-0.1, -0.05) is 12.1 Å². The van der Waals surface area contributed by atoms with Gasteiger partial charge in [-0.2, -0.15) is 0 Å². The van der Waals surface area contributed by atoms with Crippen molar-refractivity contribution < 1.29 is 4.39 Å². The lowest BCUT2D eigenvalue weighted by atomic mass is 10.1. The molecule has 0 aromatic heterocycles. The Kier molecular flexibility index (Phi) is 5.66. The monoisotopic (exact) mass is 387 g/mol. The molecular weight excluding hydrogens is 372 g/mol. The molecule has 1 unspecified atom stereocenters. The van der Waals surface area contributed by atoms with Crippen LogP contribution < -0.4 is 5.73 Å². The van der Waals surface area contributed by atoms with Gasteiger partial charge in [0.1, 0.15) is 5.82 Å². The normalized spacial score (nSPS) is 12.4. The van der Waals surface area contributed by atoms with Crippen LogP contribution in [0.1, 0.15) is 5.56 Å². The van der Waals surface area contributed by atoms with Crippen LogP contribution in [0.4, 0.5) is 4.39 Å². The van der Waals surface area contributed by atoms with Crippen molar-refractivity contribution in [3.63, 3.8) is 0 Å². The van der Waals surface area contributed by atoms with Gasteiger partial charge in [-0.15, -0.1) is 11.8 Å². The van der Waals surface area contributed by atoms with E-state index in [1.165, 1.54) is 21.3 Å². The van der Waals surface area contributed by atoms with Gasteiger partial charge in [-0.05, 0) is 71.0 Å². The van der Waals surface area contributed by atoms with E-state index in [4.69, 9.17) is 5.73 Å². The maximum atomic E-state index is 12.8. The third-order valence-corrected chi connectivity index (χ3v) is 4.61. The zero-order valence-electron chi connectivity index (χ0n) is 10.4. The molecule has 19 heavy (non-hydrogen) atoms. The molecule has 0 radical (unpaired) electrons. The number of benzene rings is 2. The molecule has 0 saturated carbocycles. The van der Waals surface area contributed by atoms with Gasteiger partial charge in [-0.3, -0.25) is 0 Å². The van der Waals surface area contributed by atoms with Crippen molar-refractivity contribution in [1.82, 2.24) is 0 Å². The zero-order chi connectivity index (χ0) is 13.7. The van der Waals surface area contributed by atoms with Gasteiger partial charge in [0, 0.05) is 20.3 Å². The fourth-order valence-electron chi connectivity index (χ4n) is 1.72. The second-order valence-electron chi connectivity index (χ2n) is 4.36. The number of nitrogens with two attached hydrogens (primary N) is 1. The van der Waals surface area contributed by atoms with Crippen molar-refractivity contribution in [3.05, 3.63) is 63.5 Å². The van der Waals surface area contributed by atoms with Crippen molar-refractivity contribution in [2.75, 3.05) is 5.75 Å². The molecule has 2 aromatic rings. The van der Waals surface area contributed by atoms with Crippen molar-refractivity contribution in [3.8, 4) is 0 Å². The molecule has 1 atom stereocenters. The van der Waals surface area contributed by atoms with Crippen molar-refractivity contribution in [1.29, 1.82) is 0 Å². The summed E-state index contributed by atoms with van der Waals surface area (Å²) in [6, 6.07) is 15.1. The third kappa shape index (κ3) is 5.12. The molecule has 0 aliphatic heterocycles. The molecule has 0 aliphatic rings. The Balaban J connectivity index is 1.82. The Labute approximate surface area is 130 Å². The van der Waals surface area contributed by atoms with Gasteiger partial charge in [0.15, 0.2) is 0 Å². The summed E-state index contributed by atoms with van der Waals surface area (Å²) in [7, 11) is 0. The van der Waals surface area contributed by atoms with E-state index in [1.54, 1.807) is 23.9 Å². The third-order valence-electron chi connectivity index (χ3n) is 2.69. The quantitative estimate of drug-likeness (QED) is 0.618. The van der Waals surface area contributed by atoms with E-state index in [0.29, 0.717) is 0 Å². The molecule has 2 rings (SSSR count). The highest BCUT2D eigenvalue weighted by Gasteiger charge is 2.05. The van der Waals surface area contributed by atoms with E-state index in [2.05, 4.69) is 46.9 Å². The van der Waals surface area contributed by atoms with Gasteiger partial charge in [0.25, 0.3) is 0 Å². The van der Waals surface area contributed by atoms with Gasteiger partial charge in [0.2, 0.25) is 0 Å². The Morgan fingerprint density at radius 2 is 1.68 bits per heavy atom. The molecule has 1 nitrogen and oxygen atoms in total. The van der Waals surface area contributed by atoms with Gasteiger partial charge < -0.3 is 5.73 Å². The van der Waals surface area contributed by atoms with E-state index in [0.717, 1.165) is 17.1 Å². The van der Waals surface area contributed by atoms with Crippen LogP contribution in [-0.2, 0) is 6.42 Å². The molecule has 2 aromatic carbocycles. The first kappa shape index (κ1) is 14.8. The topological polar surface area (TPSA) is 26.0 Å². The first-order chi connectivity index (χ1) is 9.13. The summed E-state index contributed by atoms with van der Waals surface area (Å²) < 4.78 is 14.0. The smallest absolute Gasteiger partial charge is 0.123 e. The van der Waals surface area contributed by atoms with E-state index in [-0.39, 0.29) is 11.9 Å². The molecule has 4 heteroatoms. The molecule has 0 fully saturated rings. The molecule has 0 amide bonds. The second kappa shape index (κ2) is 7.26. The van der Waals surface area contributed by atoms with Crippen LogP contribution in [0.15, 0.2) is 53.4 Å². The number of hydrogen-bond donors (Lipinski definition) is 1. The standard InChI is InChI=1S/C15H15FINS/c16-12-3-7-15(8-4-12)19-10-14(18)9-11-1-5-13(17)6-2-11/h1-8,14H,9-10,18H2. The number of thioether (sulfide) groups is 1. The number of halogens is 2. The van der Waals surface area contributed by atoms with Gasteiger partial charge in [-0.25, -0.2) is 4.39 Å². The lowest BCUT2D eigenvalue weighted by molar-refractivity contribution is 0.626. The largest absolute Gasteiger partial charge is 0.327 e. The number of hydrogen-bond acceptors (Lipinski definition) is 2. The average molecular weight is 387 g/mol. The Morgan fingerprint density at radius 3 is 2.32 bits per heavy atom. The SMILES string of the molecule is NC(CSc1ccc(F)cc1)Cc1ccc(I)cc1. The molecule has 100 valence electrons. The summed E-state index contributed by atoms with van der Waals surface area (Å²) in [6.07, 6.45) is 0.866. The van der Waals surface area contributed by atoms with E-state index in [1.807, 2.05) is 0 Å². The van der Waals surface area contributed by atoms with Crippen LogP contribution in [0.2, 0.25) is 0 Å². The second-order valence-corrected chi connectivity index (χ2v) is 6.69. The van der Waals surface area contributed by atoms with Crippen LogP contribution in [0.3, 0.4) is 0 Å². The summed E-state index contributed by atoms with van der Waals surface area (Å²) in [4.78, 5) is 1.06. The minimum Gasteiger partial charge on any atom is -0.327 e. The molecule has 2 N–H and O–H groups in total. The van der Waals surface area contributed by atoms with Crippen LogP contribution in [0.25, 0.3) is 0 Å².